The standard InChI is InChI=1S/C11H7BrO/c12-11-3-1-2-9-5-4-8(7-13)6-10(9)11/h1-7H. The van der Waals surface area contributed by atoms with Gasteiger partial charge in [-0.05, 0) is 22.9 Å². The normalized spacial score (nSPS) is 10.2. The van der Waals surface area contributed by atoms with Crippen molar-refractivity contribution >= 4 is 33.0 Å². The third kappa shape index (κ3) is 1.49. The molecule has 0 amide bonds. The molecule has 0 heterocycles. The Morgan fingerprint density at radius 1 is 1.15 bits per heavy atom. The molecule has 0 atom stereocenters. The maximum atomic E-state index is 10.5. The highest BCUT2D eigenvalue weighted by molar-refractivity contribution is 9.10. The molecule has 1 nitrogen and oxygen atoms in total. The number of hydrogen-bond donors (Lipinski definition) is 0. The number of halogens is 1. The summed E-state index contributed by atoms with van der Waals surface area (Å²) in [5.41, 5.74) is 0.708. The SMILES string of the molecule is O=Cc1ccc2cccc(Br)c2c1. The summed E-state index contributed by atoms with van der Waals surface area (Å²) in [5, 5.41) is 2.21. The molecule has 0 unspecified atom stereocenters. The lowest BCUT2D eigenvalue weighted by atomic mass is 10.1. The van der Waals surface area contributed by atoms with E-state index in [0.29, 0.717) is 5.56 Å². The van der Waals surface area contributed by atoms with Gasteiger partial charge in [0.15, 0.2) is 0 Å². The van der Waals surface area contributed by atoms with Crippen LogP contribution in [0, 0.1) is 0 Å². The third-order valence-electron chi connectivity index (χ3n) is 1.99. The Morgan fingerprint density at radius 2 is 2.00 bits per heavy atom. The average Bonchev–Trinajstić information content (AvgIpc) is 2.18. The first-order valence-corrected chi connectivity index (χ1v) is 4.74. The van der Waals surface area contributed by atoms with Crippen LogP contribution in [0.2, 0.25) is 0 Å². The number of fused-ring (bicyclic) bond motifs is 1. The summed E-state index contributed by atoms with van der Waals surface area (Å²) in [6.45, 7) is 0. The Bertz CT molecular complexity index is 463. The second-order valence-corrected chi connectivity index (χ2v) is 3.69. The van der Waals surface area contributed by atoms with Gasteiger partial charge in [0.1, 0.15) is 6.29 Å². The van der Waals surface area contributed by atoms with Crippen LogP contribution in [0.1, 0.15) is 10.4 Å². The van der Waals surface area contributed by atoms with Crippen LogP contribution >= 0.6 is 15.9 Å². The minimum atomic E-state index is 0.708. The Kier molecular flexibility index (Phi) is 2.15. The lowest BCUT2D eigenvalue weighted by Crippen LogP contribution is -1.80. The Morgan fingerprint density at radius 3 is 2.77 bits per heavy atom. The largest absolute Gasteiger partial charge is 0.298 e. The maximum absolute atomic E-state index is 10.5. The van der Waals surface area contributed by atoms with Gasteiger partial charge in [0, 0.05) is 10.0 Å². The zero-order valence-electron chi connectivity index (χ0n) is 6.83. The van der Waals surface area contributed by atoms with Crippen molar-refractivity contribution in [1.82, 2.24) is 0 Å². The van der Waals surface area contributed by atoms with Crippen LogP contribution in [0.25, 0.3) is 10.8 Å². The van der Waals surface area contributed by atoms with E-state index in [4.69, 9.17) is 0 Å². The summed E-state index contributed by atoms with van der Waals surface area (Å²) < 4.78 is 1.02. The Hall–Kier alpha value is -1.15. The molecule has 0 aromatic heterocycles. The molecule has 2 heteroatoms. The van der Waals surface area contributed by atoms with E-state index < -0.39 is 0 Å². The van der Waals surface area contributed by atoms with Gasteiger partial charge in [-0.2, -0.15) is 0 Å². The van der Waals surface area contributed by atoms with Crippen LogP contribution in [-0.4, -0.2) is 6.29 Å². The number of benzene rings is 2. The molecule has 0 spiro atoms. The van der Waals surface area contributed by atoms with Gasteiger partial charge >= 0.3 is 0 Å². The average molecular weight is 235 g/mol. The molecule has 0 bridgehead atoms. The van der Waals surface area contributed by atoms with Gasteiger partial charge in [0.2, 0.25) is 0 Å². The highest BCUT2D eigenvalue weighted by atomic mass is 79.9. The van der Waals surface area contributed by atoms with Gasteiger partial charge < -0.3 is 0 Å². The second kappa shape index (κ2) is 3.30. The smallest absolute Gasteiger partial charge is 0.150 e. The van der Waals surface area contributed by atoms with E-state index in [0.717, 1.165) is 21.5 Å². The monoisotopic (exact) mass is 234 g/mol. The predicted octanol–water partition coefficient (Wildman–Crippen LogP) is 3.41. The lowest BCUT2D eigenvalue weighted by Gasteiger charge is -2.00. The minimum Gasteiger partial charge on any atom is -0.298 e. The van der Waals surface area contributed by atoms with Crippen molar-refractivity contribution in [2.45, 2.75) is 0 Å². The highest BCUT2D eigenvalue weighted by Gasteiger charge is 1.98. The first-order valence-electron chi connectivity index (χ1n) is 3.95. The van der Waals surface area contributed by atoms with E-state index in [9.17, 15) is 4.79 Å². The third-order valence-corrected chi connectivity index (χ3v) is 2.68. The van der Waals surface area contributed by atoms with Gasteiger partial charge in [-0.3, -0.25) is 4.79 Å². The number of carbonyl (C=O) groups excluding carboxylic acids is 1. The maximum Gasteiger partial charge on any atom is 0.150 e. The summed E-state index contributed by atoms with van der Waals surface area (Å²) in [6.07, 6.45) is 0.860. The molecule has 0 fully saturated rings. The van der Waals surface area contributed by atoms with E-state index in [1.807, 2.05) is 36.4 Å². The van der Waals surface area contributed by atoms with Crippen molar-refractivity contribution in [2.24, 2.45) is 0 Å². The summed E-state index contributed by atoms with van der Waals surface area (Å²) in [7, 11) is 0. The first-order chi connectivity index (χ1) is 6.31. The predicted molar refractivity (Wildman–Crippen MR) is 57.0 cm³/mol. The summed E-state index contributed by atoms with van der Waals surface area (Å²) in [5.74, 6) is 0. The fourth-order valence-electron chi connectivity index (χ4n) is 1.33. The van der Waals surface area contributed by atoms with Gasteiger partial charge in [-0.1, -0.05) is 40.2 Å². The molecule has 0 aliphatic carbocycles. The molecular weight excluding hydrogens is 228 g/mol. The number of rotatable bonds is 1. The van der Waals surface area contributed by atoms with E-state index in [-0.39, 0.29) is 0 Å². The molecule has 0 saturated carbocycles. The van der Waals surface area contributed by atoms with Crippen molar-refractivity contribution in [3.63, 3.8) is 0 Å². The number of carbonyl (C=O) groups is 1. The van der Waals surface area contributed by atoms with Gasteiger partial charge in [-0.15, -0.1) is 0 Å². The van der Waals surface area contributed by atoms with Crippen LogP contribution in [0.5, 0.6) is 0 Å². The zero-order chi connectivity index (χ0) is 9.26. The molecule has 0 aliphatic rings. The number of aldehydes is 1. The van der Waals surface area contributed by atoms with Crippen LogP contribution in [-0.2, 0) is 0 Å². The van der Waals surface area contributed by atoms with Crippen molar-refractivity contribution in [1.29, 1.82) is 0 Å². The van der Waals surface area contributed by atoms with E-state index in [2.05, 4.69) is 15.9 Å². The molecule has 0 saturated heterocycles. The van der Waals surface area contributed by atoms with E-state index in [1.54, 1.807) is 0 Å². The molecule has 0 aliphatic heterocycles. The first kappa shape index (κ1) is 8.45. The fraction of sp³-hybridized carbons (Fsp3) is 0. The fourth-order valence-corrected chi connectivity index (χ4v) is 1.82. The molecule has 0 radical (unpaired) electrons. The van der Waals surface area contributed by atoms with Crippen LogP contribution < -0.4 is 0 Å². The molecule has 64 valence electrons. The lowest BCUT2D eigenvalue weighted by molar-refractivity contribution is 0.112. The topological polar surface area (TPSA) is 17.1 Å². The second-order valence-electron chi connectivity index (χ2n) is 2.84. The molecule has 13 heavy (non-hydrogen) atoms. The quantitative estimate of drug-likeness (QED) is 0.692. The summed E-state index contributed by atoms with van der Waals surface area (Å²) in [6, 6.07) is 11.6. The number of hydrogen-bond acceptors (Lipinski definition) is 1. The Labute approximate surface area is 84.5 Å². The van der Waals surface area contributed by atoms with Gasteiger partial charge in [0.25, 0.3) is 0 Å². The summed E-state index contributed by atoms with van der Waals surface area (Å²) in [4.78, 5) is 10.5. The van der Waals surface area contributed by atoms with Crippen molar-refractivity contribution < 1.29 is 4.79 Å². The van der Waals surface area contributed by atoms with Crippen LogP contribution in [0.15, 0.2) is 40.9 Å². The molecule has 0 N–H and O–H groups in total. The molecule has 2 aromatic rings. The van der Waals surface area contributed by atoms with Crippen LogP contribution in [0.3, 0.4) is 0 Å². The van der Waals surface area contributed by atoms with Crippen molar-refractivity contribution in [3.05, 3.63) is 46.4 Å². The zero-order valence-corrected chi connectivity index (χ0v) is 8.41. The van der Waals surface area contributed by atoms with Gasteiger partial charge in [-0.25, -0.2) is 0 Å². The molecule has 2 aromatic carbocycles. The van der Waals surface area contributed by atoms with Crippen molar-refractivity contribution in [2.75, 3.05) is 0 Å². The van der Waals surface area contributed by atoms with Crippen LogP contribution in [0.4, 0.5) is 0 Å². The van der Waals surface area contributed by atoms with Gasteiger partial charge in [0.05, 0.1) is 0 Å². The van der Waals surface area contributed by atoms with E-state index >= 15 is 0 Å². The molecule has 2 rings (SSSR count). The Balaban J connectivity index is 2.81. The highest BCUT2D eigenvalue weighted by Crippen LogP contribution is 2.24. The van der Waals surface area contributed by atoms with E-state index in [1.165, 1.54) is 0 Å². The summed E-state index contributed by atoms with van der Waals surface area (Å²) >= 11 is 3.44. The van der Waals surface area contributed by atoms with Crippen molar-refractivity contribution in [3.8, 4) is 0 Å². The minimum absolute atomic E-state index is 0.708. The molecular formula is C11H7BrO.